The van der Waals surface area contributed by atoms with Crippen molar-refractivity contribution >= 4 is 23.9 Å². The summed E-state index contributed by atoms with van der Waals surface area (Å²) in [5.41, 5.74) is 0. The van der Waals surface area contributed by atoms with Crippen LogP contribution in [-0.4, -0.2) is 34.1 Å². The van der Waals surface area contributed by atoms with Gasteiger partial charge in [0.2, 0.25) is 0 Å². The molecule has 0 atom stereocenters. The number of carbonyl (C=O) groups excluding carboxylic acids is 2. The van der Waals surface area contributed by atoms with E-state index in [1.54, 1.807) is 0 Å². The molecule has 17 heavy (non-hydrogen) atoms. The number of carboxylic acids is 4. The molecule has 0 saturated carbocycles. The molecule has 0 aromatic heterocycles. The Hall–Kier alpha value is -1.38. The van der Waals surface area contributed by atoms with E-state index in [-0.39, 0.29) is 35.2 Å². The van der Waals surface area contributed by atoms with Gasteiger partial charge < -0.3 is 30.0 Å². The van der Waals surface area contributed by atoms with Crippen molar-refractivity contribution in [3.05, 3.63) is 0 Å². The summed E-state index contributed by atoms with van der Waals surface area (Å²) in [5, 5.41) is 34.8. The predicted octanol–water partition coefficient (Wildman–Crippen LogP) is -2.80. The first-order chi connectivity index (χ1) is 7.25. The smallest absolute Gasteiger partial charge is 0.303 e. The van der Waals surface area contributed by atoms with E-state index in [0.29, 0.717) is 0 Å². The van der Waals surface area contributed by atoms with Crippen LogP contribution < -0.4 is 10.2 Å². The van der Waals surface area contributed by atoms with Crippen LogP contribution in [0.15, 0.2) is 0 Å². The van der Waals surface area contributed by atoms with Crippen LogP contribution in [-0.2, 0) is 41.6 Å². The molecular weight excluding hydrogens is 332 g/mol. The average molecular weight is 342 g/mol. The van der Waals surface area contributed by atoms with Crippen LogP contribution >= 0.6 is 0 Å². The Bertz CT molecular complexity index is 219. The first-order valence-electron chi connectivity index (χ1n) is 4.09. The van der Waals surface area contributed by atoms with Gasteiger partial charge in [0.05, 0.1) is 12.8 Å². The predicted molar refractivity (Wildman–Crippen MR) is 43.8 cm³/mol. The van der Waals surface area contributed by atoms with E-state index in [9.17, 15) is 29.4 Å². The third-order valence-electron chi connectivity index (χ3n) is 1.09. The van der Waals surface area contributed by atoms with Crippen LogP contribution in [0.25, 0.3) is 0 Å². The summed E-state index contributed by atoms with van der Waals surface area (Å²) < 4.78 is 0. The van der Waals surface area contributed by atoms with Crippen molar-refractivity contribution in [1.29, 1.82) is 0 Å². The van der Waals surface area contributed by atoms with Gasteiger partial charge in [0, 0.05) is 34.3 Å². The van der Waals surface area contributed by atoms with E-state index in [1.165, 1.54) is 0 Å². The van der Waals surface area contributed by atoms with Crippen molar-refractivity contribution in [3.8, 4) is 0 Å². The van der Waals surface area contributed by atoms with Crippen molar-refractivity contribution in [2.24, 2.45) is 0 Å². The van der Waals surface area contributed by atoms with Crippen molar-refractivity contribution in [2.45, 2.75) is 25.7 Å². The monoisotopic (exact) mass is 341 g/mol. The van der Waals surface area contributed by atoms with Crippen molar-refractivity contribution < 1.29 is 62.0 Å². The largest absolute Gasteiger partial charge is 0.550 e. The van der Waals surface area contributed by atoms with Gasteiger partial charge in [0.15, 0.2) is 0 Å². The van der Waals surface area contributed by atoms with Crippen LogP contribution in [0.1, 0.15) is 25.7 Å². The number of rotatable bonds is 6. The Morgan fingerprint density at radius 3 is 1.06 bits per heavy atom. The minimum Gasteiger partial charge on any atom is -0.550 e. The number of aliphatic carboxylic acids is 4. The van der Waals surface area contributed by atoms with E-state index in [4.69, 9.17) is 10.2 Å². The SMILES string of the molecule is O=C(O)CCC(=O)O.O=C([O-])CCC(=O)[O-].[Ag]. The van der Waals surface area contributed by atoms with Gasteiger partial charge in [0.1, 0.15) is 0 Å². The summed E-state index contributed by atoms with van der Waals surface area (Å²) in [7, 11) is 0. The van der Waals surface area contributed by atoms with Gasteiger partial charge in [-0.1, -0.05) is 0 Å². The molecular formula is C8H10AgO8-2. The van der Waals surface area contributed by atoms with Crippen LogP contribution in [0.2, 0.25) is 0 Å². The average Bonchev–Trinajstić information content (AvgIpc) is 2.12. The number of hydrogen-bond donors (Lipinski definition) is 2. The Kier molecular flexibility index (Phi) is 15.6. The van der Waals surface area contributed by atoms with Crippen LogP contribution in [0.4, 0.5) is 0 Å². The maximum Gasteiger partial charge on any atom is 0.303 e. The molecule has 8 nitrogen and oxygen atoms in total. The summed E-state index contributed by atoms with van der Waals surface area (Å²) in [4.78, 5) is 38.3. The summed E-state index contributed by atoms with van der Waals surface area (Å²) in [5.74, 6) is -4.89. The number of carbonyl (C=O) groups is 4. The van der Waals surface area contributed by atoms with Gasteiger partial charge in [-0.15, -0.1) is 0 Å². The zero-order valence-corrected chi connectivity index (χ0v) is 9.96. The molecule has 103 valence electrons. The number of hydrogen-bond acceptors (Lipinski definition) is 6. The Labute approximate surface area is 112 Å². The summed E-state index contributed by atoms with van der Waals surface area (Å²) in [6.07, 6.45) is -1.53. The molecule has 0 rings (SSSR count). The molecule has 2 N–H and O–H groups in total. The first kappa shape index (κ1) is 21.0. The van der Waals surface area contributed by atoms with Gasteiger partial charge in [-0.25, -0.2) is 0 Å². The Morgan fingerprint density at radius 2 is 0.941 bits per heavy atom. The van der Waals surface area contributed by atoms with Gasteiger partial charge >= 0.3 is 11.9 Å². The van der Waals surface area contributed by atoms with Crippen molar-refractivity contribution in [3.63, 3.8) is 0 Å². The molecule has 0 heterocycles. The molecule has 9 heteroatoms. The molecule has 0 amide bonds. The standard InChI is InChI=1S/2C4H6O4.Ag/c2*5-3(6)1-2-4(7)8;/h2*1-2H2,(H,5,6)(H,7,8);/p-2. The summed E-state index contributed by atoms with van der Waals surface area (Å²) in [6, 6.07) is 0. The zero-order valence-electron chi connectivity index (χ0n) is 8.47. The minimum atomic E-state index is -1.37. The second kappa shape index (κ2) is 12.7. The third kappa shape index (κ3) is 31.3. The molecule has 0 aromatic rings. The topological polar surface area (TPSA) is 155 Å². The molecule has 0 saturated heterocycles. The Morgan fingerprint density at radius 1 is 0.706 bits per heavy atom. The maximum atomic E-state index is 9.64. The second-order valence-electron chi connectivity index (χ2n) is 2.53. The molecule has 0 spiro atoms. The summed E-state index contributed by atoms with van der Waals surface area (Å²) in [6.45, 7) is 0. The van der Waals surface area contributed by atoms with Gasteiger partial charge in [-0.05, 0) is 12.8 Å². The normalized spacial score (nSPS) is 8.00. The second-order valence-corrected chi connectivity index (χ2v) is 2.53. The molecule has 0 unspecified atom stereocenters. The Balaban J connectivity index is -0.000000218. The van der Waals surface area contributed by atoms with Gasteiger partial charge in [-0.2, -0.15) is 0 Å². The fourth-order valence-electron chi connectivity index (χ4n) is 0.418. The molecule has 0 bridgehead atoms. The van der Waals surface area contributed by atoms with E-state index in [2.05, 4.69) is 0 Å². The fraction of sp³-hybridized carbons (Fsp3) is 0.500. The van der Waals surface area contributed by atoms with Gasteiger partial charge in [0.25, 0.3) is 0 Å². The third-order valence-corrected chi connectivity index (χ3v) is 1.09. The molecule has 0 aliphatic rings. The minimum absolute atomic E-state index is 0. The molecule has 0 aromatic carbocycles. The number of carboxylic acid groups (broad SMARTS) is 4. The quantitative estimate of drug-likeness (QED) is 0.491. The summed E-state index contributed by atoms with van der Waals surface area (Å²) >= 11 is 0. The molecule has 1 radical (unpaired) electrons. The van der Waals surface area contributed by atoms with E-state index in [0.717, 1.165) is 0 Å². The zero-order chi connectivity index (χ0) is 13.1. The van der Waals surface area contributed by atoms with E-state index >= 15 is 0 Å². The van der Waals surface area contributed by atoms with Crippen LogP contribution in [0.5, 0.6) is 0 Å². The fourth-order valence-corrected chi connectivity index (χ4v) is 0.418. The first-order valence-corrected chi connectivity index (χ1v) is 4.09. The van der Waals surface area contributed by atoms with Crippen LogP contribution in [0.3, 0.4) is 0 Å². The maximum absolute atomic E-state index is 9.64. The molecule has 0 aliphatic carbocycles. The van der Waals surface area contributed by atoms with E-state index < -0.39 is 36.7 Å². The molecule has 0 aliphatic heterocycles. The van der Waals surface area contributed by atoms with Crippen molar-refractivity contribution in [1.82, 2.24) is 0 Å². The van der Waals surface area contributed by atoms with Crippen LogP contribution in [0, 0.1) is 0 Å². The molecule has 0 fully saturated rings. The van der Waals surface area contributed by atoms with E-state index in [1.807, 2.05) is 0 Å². The van der Waals surface area contributed by atoms with Crippen molar-refractivity contribution in [2.75, 3.05) is 0 Å². The van der Waals surface area contributed by atoms with Gasteiger partial charge in [-0.3, -0.25) is 9.59 Å².